The van der Waals surface area contributed by atoms with Crippen LogP contribution >= 0.6 is 0 Å². The average molecular weight is 323 g/mol. The van der Waals surface area contributed by atoms with Gasteiger partial charge in [0.05, 0.1) is 32.1 Å². The van der Waals surface area contributed by atoms with Gasteiger partial charge >= 0.3 is 6.61 Å². The molecule has 1 amide bonds. The smallest absolute Gasteiger partial charge is 0.387 e. The topological polar surface area (TPSA) is 86.4 Å². The van der Waals surface area contributed by atoms with E-state index < -0.39 is 12.5 Å². The molecule has 0 aliphatic rings. The van der Waals surface area contributed by atoms with E-state index >= 15 is 0 Å². The van der Waals surface area contributed by atoms with Gasteiger partial charge in [-0.2, -0.15) is 19.3 Å². The molecule has 0 atom stereocenters. The maximum Gasteiger partial charge on any atom is 0.387 e. The lowest BCUT2D eigenvalue weighted by molar-refractivity contribution is -0.0512. The molecule has 0 aliphatic carbocycles. The molecule has 0 spiro atoms. The van der Waals surface area contributed by atoms with E-state index in [2.05, 4.69) is 4.74 Å². The van der Waals surface area contributed by atoms with Gasteiger partial charge in [-0.05, 0) is 18.2 Å². The summed E-state index contributed by atoms with van der Waals surface area (Å²) >= 11 is 0. The fourth-order valence-electron chi connectivity index (χ4n) is 1.86. The SMILES string of the molecule is COc1cc(C(=O)N(CCC#N)CCC#N)ccc1OC(F)F. The minimum Gasteiger partial charge on any atom is -0.493 e. The number of nitriles is 2. The molecule has 0 heterocycles. The molecule has 0 fully saturated rings. The number of methoxy groups -OCH3 is 1. The Bertz CT molecular complexity index is 605. The molecule has 0 radical (unpaired) electrons. The zero-order chi connectivity index (χ0) is 17.2. The number of alkyl halides is 2. The minimum atomic E-state index is -3.01. The summed E-state index contributed by atoms with van der Waals surface area (Å²) in [6.45, 7) is -2.66. The molecule has 23 heavy (non-hydrogen) atoms. The number of nitrogens with zero attached hydrogens (tertiary/aromatic N) is 3. The zero-order valence-electron chi connectivity index (χ0n) is 12.5. The molecule has 6 nitrogen and oxygen atoms in total. The fraction of sp³-hybridized carbons (Fsp3) is 0.400. The summed E-state index contributed by atoms with van der Waals surface area (Å²) in [5, 5.41) is 17.3. The van der Waals surface area contributed by atoms with Crippen LogP contribution < -0.4 is 9.47 Å². The largest absolute Gasteiger partial charge is 0.493 e. The second-order valence-electron chi connectivity index (χ2n) is 4.35. The molecular weight excluding hydrogens is 308 g/mol. The Kier molecular flexibility index (Phi) is 7.28. The Morgan fingerprint density at radius 1 is 1.22 bits per heavy atom. The lowest BCUT2D eigenvalue weighted by Crippen LogP contribution is -2.32. The van der Waals surface area contributed by atoms with Crippen molar-refractivity contribution in [3.05, 3.63) is 23.8 Å². The summed E-state index contributed by atoms with van der Waals surface area (Å²) < 4.78 is 33.8. The van der Waals surface area contributed by atoms with Crippen LogP contribution in [0.4, 0.5) is 8.78 Å². The normalized spacial score (nSPS) is 9.83. The van der Waals surface area contributed by atoms with Crippen molar-refractivity contribution in [2.24, 2.45) is 0 Å². The van der Waals surface area contributed by atoms with Crippen LogP contribution in [0.2, 0.25) is 0 Å². The van der Waals surface area contributed by atoms with Gasteiger partial charge in [0.15, 0.2) is 11.5 Å². The van der Waals surface area contributed by atoms with Gasteiger partial charge in [0.1, 0.15) is 0 Å². The fourth-order valence-corrected chi connectivity index (χ4v) is 1.86. The van der Waals surface area contributed by atoms with E-state index in [1.54, 1.807) is 0 Å². The van der Waals surface area contributed by atoms with Crippen molar-refractivity contribution in [1.29, 1.82) is 10.5 Å². The van der Waals surface area contributed by atoms with Crippen molar-refractivity contribution in [3.63, 3.8) is 0 Å². The van der Waals surface area contributed by atoms with E-state index in [9.17, 15) is 13.6 Å². The molecule has 0 aromatic heterocycles. The van der Waals surface area contributed by atoms with Crippen molar-refractivity contribution in [2.75, 3.05) is 20.2 Å². The van der Waals surface area contributed by atoms with Gasteiger partial charge in [0.2, 0.25) is 0 Å². The highest BCUT2D eigenvalue weighted by atomic mass is 19.3. The van der Waals surface area contributed by atoms with Crippen LogP contribution in [-0.4, -0.2) is 37.6 Å². The molecule has 0 bridgehead atoms. The molecule has 0 saturated heterocycles. The number of ether oxygens (including phenoxy) is 2. The van der Waals surface area contributed by atoms with Crippen LogP contribution in [0.5, 0.6) is 11.5 Å². The first-order chi connectivity index (χ1) is 11.0. The Morgan fingerprint density at radius 3 is 2.30 bits per heavy atom. The summed E-state index contributed by atoms with van der Waals surface area (Å²) in [6, 6.07) is 7.68. The van der Waals surface area contributed by atoms with Gasteiger partial charge in [-0.25, -0.2) is 0 Å². The number of amides is 1. The van der Waals surface area contributed by atoms with Crippen LogP contribution in [-0.2, 0) is 0 Å². The standard InChI is InChI=1S/C15H15F2N3O3/c1-22-13-10-11(4-5-12(13)23-15(16)17)14(21)20(8-2-6-18)9-3-7-19/h4-5,10,15H,2-3,8-9H2,1H3. The van der Waals surface area contributed by atoms with Crippen LogP contribution in [0.25, 0.3) is 0 Å². The summed E-state index contributed by atoms with van der Waals surface area (Å²) in [6.07, 6.45) is 0.252. The Balaban J connectivity index is 3.00. The first kappa shape index (κ1) is 18.2. The quantitative estimate of drug-likeness (QED) is 0.734. The Labute approximate surface area is 132 Å². The van der Waals surface area contributed by atoms with Crippen LogP contribution in [0, 0.1) is 22.7 Å². The predicted octanol–water partition coefficient (Wildman–Crippen LogP) is 2.57. The molecule has 1 aromatic carbocycles. The van der Waals surface area contributed by atoms with Gasteiger partial charge in [-0.1, -0.05) is 0 Å². The van der Waals surface area contributed by atoms with E-state index in [0.717, 1.165) is 0 Å². The van der Waals surface area contributed by atoms with Gasteiger partial charge in [0.25, 0.3) is 5.91 Å². The highest BCUT2D eigenvalue weighted by Gasteiger charge is 2.18. The summed E-state index contributed by atoms with van der Waals surface area (Å²) in [4.78, 5) is 13.8. The van der Waals surface area contributed by atoms with Gasteiger partial charge in [0, 0.05) is 18.7 Å². The first-order valence-corrected chi connectivity index (χ1v) is 6.69. The van der Waals surface area contributed by atoms with Crippen LogP contribution in [0.3, 0.4) is 0 Å². The highest BCUT2D eigenvalue weighted by Crippen LogP contribution is 2.29. The second-order valence-corrected chi connectivity index (χ2v) is 4.35. The van der Waals surface area contributed by atoms with Gasteiger partial charge < -0.3 is 14.4 Å². The number of rotatable bonds is 8. The molecule has 8 heteroatoms. The van der Waals surface area contributed by atoms with Crippen LogP contribution in [0.1, 0.15) is 23.2 Å². The number of halogens is 2. The highest BCUT2D eigenvalue weighted by molar-refractivity contribution is 5.95. The van der Waals surface area contributed by atoms with Crippen molar-refractivity contribution in [2.45, 2.75) is 19.5 Å². The summed E-state index contributed by atoms with van der Waals surface area (Å²) in [5.74, 6) is -0.603. The number of carbonyl (C=O) groups is 1. The minimum absolute atomic E-state index is 0.00309. The third-order valence-corrected chi connectivity index (χ3v) is 2.90. The monoisotopic (exact) mass is 323 g/mol. The van der Waals surface area contributed by atoms with E-state index in [1.807, 2.05) is 12.1 Å². The maximum atomic E-state index is 12.4. The average Bonchev–Trinajstić information content (AvgIpc) is 2.54. The predicted molar refractivity (Wildman–Crippen MR) is 76.0 cm³/mol. The van der Waals surface area contributed by atoms with E-state index in [-0.39, 0.29) is 43.0 Å². The van der Waals surface area contributed by atoms with E-state index in [1.165, 1.54) is 30.2 Å². The third kappa shape index (κ3) is 5.44. The van der Waals surface area contributed by atoms with Gasteiger partial charge in [-0.15, -0.1) is 0 Å². The summed E-state index contributed by atoms with van der Waals surface area (Å²) in [5.41, 5.74) is 0.194. The van der Waals surface area contributed by atoms with E-state index in [4.69, 9.17) is 15.3 Å². The molecule has 0 aliphatic heterocycles. The summed E-state index contributed by atoms with van der Waals surface area (Å²) in [7, 11) is 1.27. The van der Waals surface area contributed by atoms with E-state index in [0.29, 0.717) is 0 Å². The Hall–Kier alpha value is -2.87. The van der Waals surface area contributed by atoms with Crippen molar-refractivity contribution in [3.8, 4) is 23.6 Å². The van der Waals surface area contributed by atoms with Gasteiger partial charge in [-0.3, -0.25) is 4.79 Å². The van der Waals surface area contributed by atoms with Crippen molar-refractivity contribution >= 4 is 5.91 Å². The lowest BCUT2D eigenvalue weighted by Gasteiger charge is -2.21. The number of hydrogen-bond acceptors (Lipinski definition) is 5. The molecule has 0 N–H and O–H groups in total. The molecular formula is C15H15F2N3O3. The third-order valence-electron chi connectivity index (χ3n) is 2.90. The number of benzene rings is 1. The van der Waals surface area contributed by atoms with Crippen LogP contribution in [0.15, 0.2) is 18.2 Å². The molecule has 0 saturated carbocycles. The number of carbonyl (C=O) groups excluding carboxylic acids is 1. The Morgan fingerprint density at radius 2 is 1.83 bits per heavy atom. The molecule has 1 rings (SSSR count). The zero-order valence-corrected chi connectivity index (χ0v) is 12.5. The van der Waals surface area contributed by atoms with Crippen molar-refractivity contribution < 1.29 is 23.0 Å². The number of hydrogen-bond donors (Lipinski definition) is 0. The maximum absolute atomic E-state index is 12.4. The molecule has 122 valence electrons. The molecule has 0 unspecified atom stereocenters. The first-order valence-electron chi connectivity index (χ1n) is 6.69. The van der Waals surface area contributed by atoms with Crippen molar-refractivity contribution in [1.82, 2.24) is 4.90 Å². The second kappa shape index (κ2) is 9.21. The lowest BCUT2D eigenvalue weighted by atomic mass is 10.1. The molecule has 1 aromatic rings.